The molecule has 4 heteroatoms. The van der Waals surface area contributed by atoms with Crippen LogP contribution in [-0.4, -0.2) is 0 Å². The molecule has 1 rings (SSSR count). The van der Waals surface area contributed by atoms with Gasteiger partial charge in [0.15, 0.2) is 5.43 Å². The second kappa shape index (κ2) is 3.83. The normalized spacial score (nSPS) is 10.0. The van der Waals surface area contributed by atoms with E-state index in [1.54, 1.807) is 6.92 Å². The van der Waals surface area contributed by atoms with E-state index in [1.165, 1.54) is 12.3 Å². The standard InChI is InChI=1S/C7H7ClO2S/c1-5-6(9)2-3-10-7(5)4-11-8/h2-3H,4H2,1H3. The van der Waals surface area contributed by atoms with Gasteiger partial charge in [0, 0.05) is 11.6 Å². The molecule has 0 N–H and O–H groups in total. The molecule has 0 saturated carbocycles. The van der Waals surface area contributed by atoms with Crippen LogP contribution in [0, 0.1) is 6.92 Å². The van der Waals surface area contributed by atoms with Gasteiger partial charge in [-0.25, -0.2) is 0 Å². The minimum atomic E-state index is -0.00281. The van der Waals surface area contributed by atoms with E-state index in [9.17, 15) is 4.79 Å². The van der Waals surface area contributed by atoms with Crippen LogP contribution in [-0.2, 0) is 5.75 Å². The molecule has 2 nitrogen and oxygen atoms in total. The van der Waals surface area contributed by atoms with Crippen molar-refractivity contribution in [2.45, 2.75) is 12.7 Å². The number of hydrogen-bond donors (Lipinski definition) is 0. The molecule has 0 aromatic carbocycles. The Hall–Kier alpha value is -0.410. The summed E-state index contributed by atoms with van der Waals surface area (Å²) < 4.78 is 5.07. The predicted molar refractivity (Wildman–Crippen MR) is 46.9 cm³/mol. The molecule has 0 amide bonds. The molecule has 0 fully saturated rings. The van der Waals surface area contributed by atoms with Crippen LogP contribution >= 0.6 is 21.7 Å². The first-order chi connectivity index (χ1) is 5.25. The number of rotatable bonds is 2. The van der Waals surface area contributed by atoms with Crippen molar-refractivity contribution in [2.75, 3.05) is 0 Å². The average Bonchev–Trinajstić information content (AvgIpc) is 1.99. The van der Waals surface area contributed by atoms with Crippen LogP contribution in [0.25, 0.3) is 0 Å². The predicted octanol–water partition coefficient (Wildman–Crippen LogP) is 2.34. The van der Waals surface area contributed by atoms with Gasteiger partial charge in [-0.15, -0.1) is 0 Å². The Bertz CT molecular complexity index is 295. The van der Waals surface area contributed by atoms with Gasteiger partial charge in [-0.2, -0.15) is 0 Å². The smallest absolute Gasteiger partial charge is 0.188 e. The molecule has 0 aliphatic heterocycles. The molecule has 0 aliphatic carbocycles. The summed E-state index contributed by atoms with van der Waals surface area (Å²) in [4.78, 5) is 11.0. The van der Waals surface area contributed by atoms with Crippen molar-refractivity contribution in [1.82, 2.24) is 0 Å². The molecule has 0 aliphatic rings. The molecule has 1 heterocycles. The van der Waals surface area contributed by atoms with E-state index in [2.05, 4.69) is 0 Å². The van der Waals surface area contributed by atoms with E-state index < -0.39 is 0 Å². The molecule has 1 aromatic rings. The minimum absolute atomic E-state index is 0.00281. The Morgan fingerprint density at radius 1 is 1.73 bits per heavy atom. The minimum Gasteiger partial charge on any atom is -0.468 e. The summed E-state index contributed by atoms with van der Waals surface area (Å²) in [6, 6.07) is 1.40. The molecule has 0 spiro atoms. The maximum atomic E-state index is 11.0. The highest BCUT2D eigenvalue weighted by Gasteiger charge is 2.02. The first-order valence-corrected chi connectivity index (χ1v) is 4.87. The van der Waals surface area contributed by atoms with Crippen molar-refractivity contribution in [3.05, 3.63) is 33.9 Å². The summed E-state index contributed by atoms with van der Waals surface area (Å²) in [7, 11) is 6.53. The maximum Gasteiger partial charge on any atom is 0.188 e. The second-order valence-electron chi connectivity index (χ2n) is 2.09. The second-order valence-corrected chi connectivity index (χ2v) is 3.25. The van der Waals surface area contributed by atoms with Crippen molar-refractivity contribution in [2.24, 2.45) is 0 Å². The van der Waals surface area contributed by atoms with Crippen molar-refractivity contribution < 1.29 is 4.42 Å². The van der Waals surface area contributed by atoms with Crippen LogP contribution in [0.1, 0.15) is 11.3 Å². The van der Waals surface area contributed by atoms with Gasteiger partial charge in [0.2, 0.25) is 0 Å². The fourth-order valence-corrected chi connectivity index (χ4v) is 1.40. The van der Waals surface area contributed by atoms with Gasteiger partial charge in [0.25, 0.3) is 0 Å². The molecule has 0 saturated heterocycles. The first kappa shape index (κ1) is 8.68. The van der Waals surface area contributed by atoms with Gasteiger partial charge in [-0.3, -0.25) is 4.79 Å². The molecule has 11 heavy (non-hydrogen) atoms. The van der Waals surface area contributed by atoms with E-state index >= 15 is 0 Å². The highest BCUT2D eigenvalue weighted by molar-refractivity contribution is 8.20. The zero-order valence-electron chi connectivity index (χ0n) is 5.96. The summed E-state index contributed by atoms with van der Waals surface area (Å²) in [6.07, 6.45) is 1.39. The Kier molecular flexibility index (Phi) is 3.02. The van der Waals surface area contributed by atoms with Crippen molar-refractivity contribution >= 4 is 21.7 Å². The van der Waals surface area contributed by atoms with Crippen molar-refractivity contribution in [1.29, 1.82) is 0 Å². The Morgan fingerprint density at radius 3 is 3.09 bits per heavy atom. The lowest BCUT2D eigenvalue weighted by atomic mass is 10.2. The Morgan fingerprint density at radius 2 is 2.45 bits per heavy atom. The van der Waals surface area contributed by atoms with Crippen molar-refractivity contribution in [3.8, 4) is 0 Å². The zero-order chi connectivity index (χ0) is 8.27. The molecular formula is C7H7ClO2S. The lowest BCUT2D eigenvalue weighted by Gasteiger charge is -1.98. The third kappa shape index (κ3) is 2.01. The van der Waals surface area contributed by atoms with Crippen LogP contribution in [0.15, 0.2) is 21.5 Å². The maximum absolute atomic E-state index is 11.0. The Labute approximate surface area is 73.1 Å². The van der Waals surface area contributed by atoms with E-state index in [-0.39, 0.29) is 5.43 Å². The summed E-state index contributed by atoms with van der Waals surface area (Å²) in [5.41, 5.74) is 0.637. The number of hydrogen-bond acceptors (Lipinski definition) is 3. The zero-order valence-corrected chi connectivity index (χ0v) is 7.54. The van der Waals surface area contributed by atoms with Gasteiger partial charge >= 0.3 is 0 Å². The molecule has 0 radical (unpaired) electrons. The molecule has 0 bridgehead atoms. The van der Waals surface area contributed by atoms with Crippen LogP contribution < -0.4 is 5.43 Å². The molecule has 60 valence electrons. The molecule has 0 unspecified atom stereocenters. The van der Waals surface area contributed by atoms with Gasteiger partial charge < -0.3 is 4.42 Å². The highest BCUT2D eigenvalue weighted by Crippen LogP contribution is 2.16. The fraction of sp³-hybridized carbons (Fsp3) is 0.286. The van der Waals surface area contributed by atoms with E-state index in [1.807, 2.05) is 0 Å². The lowest BCUT2D eigenvalue weighted by molar-refractivity contribution is 0.505. The van der Waals surface area contributed by atoms with E-state index in [0.29, 0.717) is 17.1 Å². The van der Waals surface area contributed by atoms with Gasteiger partial charge in [0.05, 0.1) is 12.0 Å². The monoisotopic (exact) mass is 190 g/mol. The Balaban J connectivity index is 3.06. The highest BCUT2D eigenvalue weighted by atomic mass is 35.7. The first-order valence-electron chi connectivity index (χ1n) is 3.06. The number of halogens is 1. The van der Waals surface area contributed by atoms with Crippen molar-refractivity contribution in [3.63, 3.8) is 0 Å². The quantitative estimate of drug-likeness (QED) is 0.717. The van der Waals surface area contributed by atoms with E-state index in [0.717, 1.165) is 11.0 Å². The van der Waals surface area contributed by atoms with Crippen LogP contribution in [0.2, 0.25) is 0 Å². The molecule has 0 atom stereocenters. The van der Waals surface area contributed by atoms with Gasteiger partial charge in [0.1, 0.15) is 5.76 Å². The SMILES string of the molecule is Cc1c(CSCl)occc1=O. The van der Waals surface area contributed by atoms with Crippen LogP contribution in [0.4, 0.5) is 0 Å². The molecular weight excluding hydrogens is 184 g/mol. The van der Waals surface area contributed by atoms with Crippen LogP contribution in [0.3, 0.4) is 0 Å². The van der Waals surface area contributed by atoms with Gasteiger partial charge in [-0.05, 0) is 28.6 Å². The van der Waals surface area contributed by atoms with Crippen LogP contribution in [0.5, 0.6) is 0 Å². The van der Waals surface area contributed by atoms with Gasteiger partial charge in [-0.1, -0.05) is 0 Å². The third-order valence-electron chi connectivity index (χ3n) is 1.40. The lowest BCUT2D eigenvalue weighted by Crippen LogP contribution is -2.04. The summed E-state index contributed by atoms with van der Waals surface area (Å²) in [5.74, 6) is 1.18. The molecule has 1 aromatic heterocycles. The summed E-state index contributed by atoms with van der Waals surface area (Å²) in [5, 5.41) is 0. The topological polar surface area (TPSA) is 30.2 Å². The summed E-state index contributed by atoms with van der Waals surface area (Å²) >= 11 is 0. The largest absolute Gasteiger partial charge is 0.468 e. The average molecular weight is 191 g/mol. The fourth-order valence-electron chi connectivity index (χ4n) is 0.721. The summed E-state index contributed by atoms with van der Waals surface area (Å²) in [6.45, 7) is 1.73. The third-order valence-corrected chi connectivity index (χ3v) is 2.10. The van der Waals surface area contributed by atoms with E-state index in [4.69, 9.17) is 15.1 Å².